The molecule has 4 nitrogen and oxygen atoms in total. The molecule has 2 aromatic rings. The van der Waals surface area contributed by atoms with Crippen LogP contribution in [-0.2, 0) is 9.84 Å². The summed E-state index contributed by atoms with van der Waals surface area (Å²) in [5, 5.41) is 0.342. The zero-order valence-corrected chi connectivity index (χ0v) is 11.2. The van der Waals surface area contributed by atoms with Crippen LogP contribution in [0.15, 0.2) is 47.3 Å². The Hall–Kier alpha value is -1.86. The van der Waals surface area contributed by atoms with E-state index < -0.39 is 27.2 Å². The first-order chi connectivity index (χ1) is 9.44. The molecule has 2 rings (SSSR count). The standard InChI is InChI=1S/C13H12F2N2O2S/c14-10(4-5-16)8-20(18,19)12-3-1-2-9-6-11(15)7-17-13(9)12/h1-4,6-7H,5,8,16H2/b10-4-. The largest absolute Gasteiger partial charge is 0.327 e. The summed E-state index contributed by atoms with van der Waals surface area (Å²) in [6, 6.07) is 5.49. The van der Waals surface area contributed by atoms with E-state index in [1.54, 1.807) is 0 Å². The average molecular weight is 298 g/mol. The molecular formula is C13H12F2N2O2S. The van der Waals surface area contributed by atoms with Crippen LogP contribution in [-0.4, -0.2) is 25.7 Å². The van der Waals surface area contributed by atoms with Crippen LogP contribution in [0.4, 0.5) is 8.78 Å². The third kappa shape index (κ3) is 3.00. The second-order valence-electron chi connectivity index (χ2n) is 4.13. The smallest absolute Gasteiger partial charge is 0.186 e. The normalized spacial score (nSPS) is 12.8. The van der Waals surface area contributed by atoms with Crippen LogP contribution in [0.25, 0.3) is 10.9 Å². The molecule has 7 heteroatoms. The molecule has 0 aliphatic heterocycles. The predicted octanol–water partition coefficient (Wildman–Crippen LogP) is 1.96. The lowest BCUT2D eigenvalue weighted by Gasteiger charge is -2.06. The van der Waals surface area contributed by atoms with Crippen molar-refractivity contribution in [2.75, 3.05) is 12.3 Å². The van der Waals surface area contributed by atoms with Crippen molar-refractivity contribution in [3.63, 3.8) is 0 Å². The molecule has 20 heavy (non-hydrogen) atoms. The van der Waals surface area contributed by atoms with Gasteiger partial charge in [0, 0.05) is 11.9 Å². The Morgan fingerprint density at radius 2 is 2.15 bits per heavy atom. The van der Waals surface area contributed by atoms with E-state index >= 15 is 0 Å². The highest BCUT2D eigenvalue weighted by Crippen LogP contribution is 2.23. The highest BCUT2D eigenvalue weighted by atomic mass is 32.2. The molecule has 0 fully saturated rings. The number of pyridine rings is 1. The summed E-state index contributed by atoms with van der Waals surface area (Å²) in [4.78, 5) is 3.65. The summed E-state index contributed by atoms with van der Waals surface area (Å²) in [5.41, 5.74) is 5.25. The van der Waals surface area contributed by atoms with E-state index in [4.69, 9.17) is 5.73 Å². The number of benzene rings is 1. The molecule has 0 aliphatic rings. The van der Waals surface area contributed by atoms with Gasteiger partial charge in [-0.05, 0) is 18.2 Å². The van der Waals surface area contributed by atoms with E-state index in [9.17, 15) is 17.2 Å². The molecule has 2 N–H and O–H groups in total. The van der Waals surface area contributed by atoms with E-state index in [-0.39, 0.29) is 17.0 Å². The van der Waals surface area contributed by atoms with Gasteiger partial charge in [-0.15, -0.1) is 0 Å². The molecule has 0 unspecified atom stereocenters. The first-order valence-corrected chi connectivity index (χ1v) is 7.41. The molecule has 0 atom stereocenters. The Morgan fingerprint density at radius 1 is 1.40 bits per heavy atom. The first-order valence-electron chi connectivity index (χ1n) is 5.75. The second kappa shape index (κ2) is 5.64. The Morgan fingerprint density at radius 3 is 2.85 bits per heavy atom. The van der Waals surface area contributed by atoms with E-state index in [0.717, 1.165) is 12.3 Å². The number of nitrogens with two attached hydrogens (primary N) is 1. The summed E-state index contributed by atoms with van der Waals surface area (Å²) in [6.07, 6.45) is 1.92. The lowest BCUT2D eigenvalue weighted by atomic mass is 10.2. The van der Waals surface area contributed by atoms with Gasteiger partial charge in [0.15, 0.2) is 9.84 Å². The zero-order valence-electron chi connectivity index (χ0n) is 10.4. The molecule has 0 saturated carbocycles. The molecule has 0 amide bonds. The summed E-state index contributed by atoms with van der Waals surface area (Å²) in [6.45, 7) is -0.0830. The molecule has 0 spiro atoms. The Kier molecular flexibility index (Phi) is 4.10. The molecule has 0 bridgehead atoms. The van der Waals surface area contributed by atoms with Gasteiger partial charge in [0.1, 0.15) is 17.4 Å². The molecule has 106 valence electrons. The maximum Gasteiger partial charge on any atom is 0.186 e. The van der Waals surface area contributed by atoms with Gasteiger partial charge < -0.3 is 5.73 Å². The molecule has 0 aliphatic carbocycles. The quantitative estimate of drug-likeness (QED) is 0.936. The second-order valence-corrected chi connectivity index (χ2v) is 6.09. The topological polar surface area (TPSA) is 73.1 Å². The average Bonchev–Trinajstić information content (AvgIpc) is 2.37. The molecule has 1 heterocycles. The zero-order chi connectivity index (χ0) is 14.8. The summed E-state index contributed by atoms with van der Waals surface area (Å²) >= 11 is 0. The number of hydrogen-bond acceptors (Lipinski definition) is 4. The van der Waals surface area contributed by atoms with Crippen LogP contribution in [0, 0.1) is 5.82 Å². The Balaban J connectivity index is 2.55. The third-order valence-electron chi connectivity index (χ3n) is 2.64. The lowest BCUT2D eigenvalue weighted by molar-refractivity contribution is 0.583. The minimum absolute atomic E-state index is 0.0830. The van der Waals surface area contributed by atoms with Crippen molar-refractivity contribution in [3.8, 4) is 0 Å². The maximum atomic E-state index is 13.4. The maximum absolute atomic E-state index is 13.4. The predicted molar refractivity (Wildman–Crippen MR) is 72.0 cm³/mol. The van der Waals surface area contributed by atoms with Crippen LogP contribution in [0.2, 0.25) is 0 Å². The fourth-order valence-corrected chi connectivity index (χ4v) is 3.19. The van der Waals surface area contributed by atoms with E-state index in [1.807, 2.05) is 0 Å². The minimum atomic E-state index is -3.90. The third-order valence-corrected chi connectivity index (χ3v) is 4.30. The summed E-state index contributed by atoms with van der Waals surface area (Å²) < 4.78 is 50.8. The van der Waals surface area contributed by atoms with E-state index in [0.29, 0.717) is 5.39 Å². The van der Waals surface area contributed by atoms with Crippen molar-refractivity contribution < 1.29 is 17.2 Å². The number of sulfone groups is 1. The molecule has 1 aromatic heterocycles. The molecule has 0 radical (unpaired) electrons. The minimum Gasteiger partial charge on any atom is -0.327 e. The summed E-state index contributed by atoms with van der Waals surface area (Å²) in [5.74, 6) is -2.18. The van der Waals surface area contributed by atoms with Gasteiger partial charge >= 0.3 is 0 Å². The SMILES string of the molecule is NC/C=C(\F)CS(=O)(=O)c1cccc2cc(F)cnc12. The summed E-state index contributed by atoms with van der Waals surface area (Å²) in [7, 11) is -3.90. The van der Waals surface area contributed by atoms with Gasteiger partial charge in [0.25, 0.3) is 0 Å². The van der Waals surface area contributed by atoms with Crippen molar-refractivity contribution in [2.45, 2.75) is 4.90 Å². The van der Waals surface area contributed by atoms with Gasteiger partial charge in [0.05, 0.1) is 16.6 Å². The first kappa shape index (κ1) is 14.5. The van der Waals surface area contributed by atoms with Crippen molar-refractivity contribution >= 4 is 20.7 Å². The number of hydrogen-bond donors (Lipinski definition) is 1. The van der Waals surface area contributed by atoms with Gasteiger partial charge in [-0.3, -0.25) is 4.98 Å². The fraction of sp³-hybridized carbons (Fsp3) is 0.154. The molecule has 1 aromatic carbocycles. The number of halogens is 2. The molecule has 0 saturated heterocycles. The van der Waals surface area contributed by atoms with Crippen LogP contribution in [0.3, 0.4) is 0 Å². The van der Waals surface area contributed by atoms with Gasteiger partial charge in [-0.2, -0.15) is 0 Å². The van der Waals surface area contributed by atoms with E-state index in [1.165, 1.54) is 24.3 Å². The lowest BCUT2D eigenvalue weighted by Crippen LogP contribution is -2.09. The number of fused-ring (bicyclic) bond motifs is 1. The Bertz CT molecular complexity index is 773. The van der Waals surface area contributed by atoms with Crippen LogP contribution in [0.5, 0.6) is 0 Å². The van der Waals surface area contributed by atoms with Crippen LogP contribution < -0.4 is 5.73 Å². The molecular weight excluding hydrogens is 286 g/mol. The van der Waals surface area contributed by atoms with Crippen LogP contribution >= 0.6 is 0 Å². The van der Waals surface area contributed by atoms with Gasteiger partial charge in [-0.1, -0.05) is 12.1 Å². The number of aromatic nitrogens is 1. The van der Waals surface area contributed by atoms with Crippen LogP contribution in [0.1, 0.15) is 0 Å². The Labute approximate surface area is 114 Å². The van der Waals surface area contributed by atoms with Crippen molar-refractivity contribution in [1.29, 1.82) is 0 Å². The highest BCUT2D eigenvalue weighted by molar-refractivity contribution is 7.91. The van der Waals surface area contributed by atoms with Gasteiger partial charge in [-0.25, -0.2) is 17.2 Å². The number of para-hydroxylation sites is 1. The van der Waals surface area contributed by atoms with Gasteiger partial charge in [0.2, 0.25) is 0 Å². The van der Waals surface area contributed by atoms with Crippen molar-refractivity contribution in [1.82, 2.24) is 4.98 Å². The number of rotatable bonds is 4. The highest BCUT2D eigenvalue weighted by Gasteiger charge is 2.20. The van der Waals surface area contributed by atoms with E-state index in [2.05, 4.69) is 4.98 Å². The fourth-order valence-electron chi connectivity index (χ4n) is 1.80. The van der Waals surface area contributed by atoms with Crippen molar-refractivity contribution in [3.05, 3.63) is 48.2 Å². The van der Waals surface area contributed by atoms with Crippen molar-refractivity contribution in [2.24, 2.45) is 5.73 Å². The number of nitrogens with zero attached hydrogens (tertiary/aromatic N) is 1. The monoisotopic (exact) mass is 298 g/mol.